The average Bonchev–Trinajstić information content (AvgIpc) is 2.80. The number of nitrogens with zero attached hydrogens (tertiary/aromatic N) is 1. The summed E-state index contributed by atoms with van der Waals surface area (Å²) in [4.78, 5) is 23.4. The number of nitrogens with one attached hydrogen (secondary N) is 1. The number of thiazole rings is 1. The molecule has 23 heavy (non-hydrogen) atoms. The maximum Gasteiger partial charge on any atom is 0.416 e. The molecule has 1 aromatic heterocycles. The third-order valence-corrected chi connectivity index (χ3v) is 4.32. The predicted molar refractivity (Wildman–Crippen MR) is 84.0 cm³/mol. The van der Waals surface area contributed by atoms with E-state index in [-0.39, 0.29) is 10.2 Å². The number of rotatable bonds is 5. The molecule has 4 nitrogen and oxygen atoms in total. The van der Waals surface area contributed by atoms with Crippen LogP contribution in [0.2, 0.25) is 0 Å². The third-order valence-electron chi connectivity index (χ3n) is 3.42. The minimum Gasteiger partial charge on any atom is -0.337 e. The first-order chi connectivity index (χ1) is 10.8. The van der Waals surface area contributed by atoms with Crippen molar-refractivity contribution in [3.63, 3.8) is 0 Å². The highest BCUT2D eigenvalue weighted by Gasteiger charge is 2.31. The molecular formula is C15H17F3N2O2S. The normalized spacial score (nSPS) is 11.8. The van der Waals surface area contributed by atoms with Crippen molar-refractivity contribution in [3.05, 3.63) is 33.4 Å². The van der Waals surface area contributed by atoms with Crippen LogP contribution >= 0.6 is 11.3 Å². The molecule has 126 valence electrons. The summed E-state index contributed by atoms with van der Waals surface area (Å²) in [6.07, 6.45) is -0.561. The monoisotopic (exact) mass is 346 g/mol. The lowest BCUT2D eigenvalue weighted by Gasteiger charge is -2.08. The smallest absolute Gasteiger partial charge is 0.337 e. The van der Waals surface area contributed by atoms with Crippen molar-refractivity contribution in [1.29, 1.82) is 0 Å². The molecule has 1 N–H and O–H groups in total. The van der Waals surface area contributed by atoms with Gasteiger partial charge in [0.15, 0.2) is 0 Å². The molecule has 0 unspecified atom stereocenters. The largest absolute Gasteiger partial charge is 0.416 e. The Labute approximate surface area is 134 Å². The molecule has 2 rings (SSSR count). The van der Waals surface area contributed by atoms with Gasteiger partial charge in [0.05, 0.1) is 15.8 Å². The van der Waals surface area contributed by atoms with Gasteiger partial charge in [-0.05, 0) is 24.6 Å². The van der Waals surface area contributed by atoms with Gasteiger partial charge in [-0.2, -0.15) is 13.2 Å². The third kappa shape index (κ3) is 4.13. The van der Waals surface area contributed by atoms with Crippen LogP contribution in [-0.2, 0) is 6.18 Å². The van der Waals surface area contributed by atoms with Crippen LogP contribution in [0.25, 0.3) is 10.2 Å². The van der Waals surface area contributed by atoms with Gasteiger partial charge in [-0.15, -0.1) is 0 Å². The van der Waals surface area contributed by atoms with E-state index in [1.54, 1.807) is 0 Å². The van der Waals surface area contributed by atoms with Crippen molar-refractivity contribution < 1.29 is 18.0 Å². The standard InChI is InChI=1S/C15H17F3N2O2S/c1-2-3-4-5-8-19-13(21)20-11-7-6-10(15(16,17)18)9-12(11)23-14(20)22/h6-7,9H,2-5,8H2,1H3,(H,19,21). The van der Waals surface area contributed by atoms with Crippen LogP contribution in [0.15, 0.2) is 23.0 Å². The van der Waals surface area contributed by atoms with Gasteiger partial charge < -0.3 is 5.32 Å². The predicted octanol–water partition coefficient (Wildman–Crippen LogP) is 4.22. The number of fused-ring (bicyclic) bond motifs is 1. The van der Waals surface area contributed by atoms with Crippen LogP contribution in [0, 0.1) is 0 Å². The van der Waals surface area contributed by atoms with Crippen LogP contribution in [-0.4, -0.2) is 17.1 Å². The zero-order valence-electron chi connectivity index (χ0n) is 12.6. The number of carbonyl (C=O) groups is 1. The summed E-state index contributed by atoms with van der Waals surface area (Å²) in [5.41, 5.74) is -0.641. The van der Waals surface area contributed by atoms with E-state index in [2.05, 4.69) is 12.2 Å². The lowest BCUT2D eigenvalue weighted by Crippen LogP contribution is -2.34. The quantitative estimate of drug-likeness (QED) is 0.824. The molecule has 1 amide bonds. The second kappa shape index (κ2) is 7.16. The van der Waals surface area contributed by atoms with Crippen molar-refractivity contribution in [1.82, 2.24) is 9.88 Å². The number of carbonyl (C=O) groups excluding carboxylic acids is 1. The molecule has 0 aliphatic carbocycles. The molecular weight excluding hydrogens is 329 g/mol. The molecule has 0 saturated heterocycles. The van der Waals surface area contributed by atoms with Crippen molar-refractivity contribution in [2.75, 3.05) is 6.54 Å². The molecule has 1 heterocycles. The van der Waals surface area contributed by atoms with E-state index in [0.29, 0.717) is 17.9 Å². The van der Waals surface area contributed by atoms with Crippen molar-refractivity contribution >= 4 is 27.6 Å². The number of hydrogen-bond acceptors (Lipinski definition) is 3. The van der Waals surface area contributed by atoms with Crippen molar-refractivity contribution in [2.24, 2.45) is 0 Å². The van der Waals surface area contributed by atoms with Crippen LogP contribution in [0.4, 0.5) is 18.0 Å². The summed E-state index contributed by atoms with van der Waals surface area (Å²) in [6, 6.07) is 2.33. The molecule has 0 spiro atoms. The number of aromatic nitrogens is 1. The summed E-state index contributed by atoms with van der Waals surface area (Å²) in [7, 11) is 0. The fourth-order valence-corrected chi connectivity index (χ4v) is 3.12. The molecule has 0 bridgehead atoms. The Morgan fingerprint density at radius 2 is 2.00 bits per heavy atom. The second-order valence-corrected chi connectivity index (χ2v) is 6.17. The number of hydrogen-bond donors (Lipinski definition) is 1. The fraction of sp³-hybridized carbons (Fsp3) is 0.467. The lowest BCUT2D eigenvalue weighted by molar-refractivity contribution is -0.137. The van der Waals surface area contributed by atoms with Crippen molar-refractivity contribution in [2.45, 2.75) is 38.8 Å². The number of unbranched alkanes of at least 4 members (excludes halogenated alkanes) is 3. The molecule has 0 fully saturated rings. The molecule has 0 atom stereocenters. The maximum atomic E-state index is 12.7. The molecule has 0 radical (unpaired) electrons. The van der Waals surface area contributed by atoms with Crippen LogP contribution in [0.1, 0.15) is 38.2 Å². The maximum absolute atomic E-state index is 12.7. The van der Waals surface area contributed by atoms with E-state index in [9.17, 15) is 22.8 Å². The lowest BCUT2D eigenvalue weighted by atomic mass is 10.2. The summed E-state index contributed by atoms with van der Waals surface area (Å²) in [6.45, 7) is 2.51. The van der Waals surface area contributed by atoms with Gasteiger partial charge in [0.2, 0.25) is 0 Å². The number of amides is 1. The van der Waals surface area contributed by atoms with Crippen LogP contribution < -0.4 is 10.2 Å². The number of halogens is 3. The zero-order valence-corrected chi connectivity index (χ0v) is 13.4. The number of benzene rings is 1. The van der Waals surface area contributed by atoms with Crippen molar-refractivity contribution in [3.8, 4) is 0 Å². The van der Waals surface area contributed by atoms with Gasteiger partial charge in [-0.1, -0.05) is 37.5 Å². The van der Waals surface area contributed by atoms with Gasteiger partial charge in [0, 0.05) is 6.54 Å². The highest BCUT2D eigenvalue weighted by Crippen LogP contribution is 2.32. The minimum atomic E-state index is -4.48. The Bertz CT molecular complexity index is 749. The molecule has 0 aliphatic rings. The molecule has 8 heteroatoms. The van der Waals surface area contributed by atoms with Gasteiger partial charge in [-0.25, -0.2) is 9.36 Å². The van der Waals surface area contributed by atoms with Gasteiger partial charge in [-0.3, -0.25) is 4.79 Å². The number of alkyl halides is 3. The van der Waals surface area contributed by atoms with E-state index in [0.717, 1.165) is 48.4 Å². The van der Waals surface area contributed by atoms with Crippen LogP contribution in [0.5, 0.6) is 0 Å². The zero-order chi connectivity index (χ0) is 17.0. The first-order valence-electron chi connectivity index (χ1n) is 7.35. The Balaban J connectivity index is 2.19. The van der Waals surface area contributed by atoms with E-state index in [4.69, 9.17) is 0 Å². The Kier molecular flexibility index (Phi) is 5.46. The minimum absolute atomic E-state index is 0.144. The van der Waals surface area contributed by atoms with E-state index in [1.807, 2.05) is 0 Å². The fourth-order valence-electron chi connectivity index (χ4n) is 2.21. The summed E-state index contributed by atoms with van der Waals surface area (Å²) >= 11 is 0.631. The van der Waals surface area contributed by atoms with Gasteiger partial charge in [0.1, 0.15) is 0 Å². The summed E-state index contributed by atoms with van der Waals surface area (Å²) < 4.78 is 39.1. The average molecular weight is 346 g/mol. The molecule has 2 aromatic rings. The van der Waals surface area contributed by atoms with E-state index >= 15 is 0 Å². The topological polar surface area (TPSA) is 51.1 Å². The Morgan fingerprint density at radius 1 is 1.26 bits per heavy atom. The SMILES string of the molecule is CCCCCCNC(=O)n1c(=O)sc2cc(C(F)(F)F)ccc21. The van der Waals surface area contributed by atoms with Crippen LogP contribution in [0.3, 0.4) is 0 Å². The summed E-state index contributed by atoms with van der Waals surface area (Å²) in [5, 5.41) is 2.63. The second-order valence-electron chi connectivity index (χ2n) is 5.18. The molecule has 1 aromatic carbocycles. The molecule has 0 saturated carbocycles. The summed E-state index contributed by atoms with van der Waals surface area (Å²) in [5.74, 6) is 0. The Hall–Kier alpha value is -1.83. The van der Waals surface area contributed by atoms with E-state index < -0.39 is 22.6 Å². The van der Waals surface area contributed by atoms with E-state index in [1.165, 1.54) is 0 Å². The first-order valence-corrected chi connectivity index (χ1v) is 8.17. The highest BCUT2D eigenvalue weighted by molar-refractivity contribution is 7.16. The highest BCUT2D eigenvalue weighted by atomic mass is 32.1. The Morgan fingerprint density at radius 3 is 2.65 bits per heavy atom. The van der Waals surface area contributed by atoms with Gasteiger partial charge >= 0.3 is 17.1 Å². The first kappa shape index (κ1) is 17.5. The molecule has 0 aliphatic heterocycles. The van der Waals surface area contributed by atoms with Gasteiger partial charge in [0.25, 0.3) is 0 Å².